The van der Waals surface area contributed by atoms with E-state index in [0.29, 0.717) is 12.0 Å². The smallest absolute Gasteiger partial charge is 0.191 e. The fourth-order valence-electron chi connectivity index (χ4n) is 4.52. The number of halogens is 1. The zero-order chi connectivity index (χ0) is 21.4. The van der Waals surface area contributed by atoms with Gasteiger partial charge in [-0.25, -0.2) is 0 Å². The molecule has 7 heteroatoms. The van der Waals surface area contributed by atoms with Crippen molar-refractivity contribution in [3.63, 3.8) is 0 Å². The van der Waals surface area contributed by atoms with Gasteiger partial charge in [-0.05, 0) is 36.5 Å². The Labute approximate surface area is 186 Å². The predicted molar refractivity (Wildman–Crippen MR) is 124 cm³/mol. The van der Waals surface area contributed by atoms with Crippen LogP contribution in [0.25, 0.3) is 0 Å². The number of guanidine groups is 1. The molecule has 2 heterocycles. The van der Waals surface area contributed by atoms with Gasteiger partial charge in [-0.2, -0.15) is 0 Å². The maximum atomic E-state index is 6.30. The third-order valence-corrected chi connectivity index (χ3v) is 6.70. The van der Waals surface area contributed by atoms with Gasteiger partial charge in [-0.1, -0.05) is 37.6 Å². The van der Waals surface area contributed by atoms with Gasteiger partial charge in [0.15, 0.2) is 5.96 Å². The Morgan fingerprint density at radius 1 is 1.13 bits per heavy atom. The number of ether oxygens (including phenoxy) is 2. The maximum absolute atomic E-state index is 6.30. The summed E-state index contributed by atoms with van der Waals surface area (Å²) in [5.41, 5.74) is 1.28. The molecule has 0 aromatic heterocycles. The van der Waals surface area contributed by atoms with Crippen molar-refractivity contribution in [2.75, 3.05) is 59.7 Å². The first-order chi connectivity index (χ1) is 14.5. The zero-order valence-corrected chi connectivity index (χ0v) is 19.4. The van der Waals surface area contributed by atoms with E-state index in [4.69, 9.17) is 21.1 Å². The molecule has 2 aliphatic rings. The van der Waals surface area contributed by atoms with Crippen LogP contribution in [-0.4, -0.2) is 76.6 Å². The molecule has 2 aliphatic heterocycles. The van der Waals surface area contributed by atoms with Crippen molar-refractivity contribution in [2.24, 2.45) is 10.9 Å². The first-order valence-corrected chi connectivity index (χ1v) is 11.5. The lowest BCUT2D eigenvalue weighted by molar-refractivity contribution is 0.00750. The minimum Gasteiger partial charge on any atom is -0.381 e. The highest BCUT2D eigenvalue weighted by Crippen LogP contribution is 2.35. The van der Waals surface area contributed by atoms with E-state index in [1.807, 2.05) is 19.2 Å². The second-order valence-electron chi connectivity index (χ2n) is 8.67. The number of rotatable bonds is 7. The van der Waals surface area contributed by atoms with Gasteiger partial charge in [0.1, 0.15) is 0 Å². The van der Waals surface area contributed by atoms with Gasteiger partial charge in [-0.3, -0.25) is 9.89 Å². The molecule has 0 amide bonds. The second-order valence-corrected chi connectivity index (χ2v) is 9.11. The SMILES string of the molecule is CN=C(NCC(C(C)C)N1CCOCC1)NCC1(c2cccc(Cl)c2)CCOCC1. The lowest BCUT2D eigenvalue weighted by Crippen LogP contribution is -2.54. The Balaban J connectivity index is 1.62. The molecule has 1 atom stereocenters. The Kier molecular flexibility index (Phi) is 8.81. The first-order valence-electron chi connectivity index (χ1n) is 11.1. The number of aliphatic imine (C=N–C) groups is 1. The van der Waals surface area contributed by atoms with Crippen LogP contribution in [0, 0.1) is 5.92 Å². The summed E-state index contributed by atoms with van der Waals surface area (Å²) in [5.74, 6) is 1.41. The average Bonchev–Trinajstić information content (AvgIpc) is 2.77. The summed E-state index contributed by atoms with van der Waals surface area (Å²) in [6.45, 7) is 11.4. The molecular formula is C23H37ClN4O2. The average molecular weight is 437 g/mol. The molecule has 168 valence electrons. The van der Waals surface area contributed by atoms with E-state index in [0.717, 1.165) is 76.4 Å². The lowest BCUT2D eigenvalue weighted by Gasteiger charge is -2.39. The van der Waals surface area contributed by atoms with E-state index >= 15 is 0 Å². The number of hydrogen-bond acceptors (Lipinski definition) is 4. The number of morpholine rings is 1. The van der Waals surface area contributed by atoms with Crippen LogP contribution in [0.1, 0.15) is 32.3 Å². The summed E-state index contributed by atoms with van der Waals surface area (Å²) in [4.78, 5) is 7.01. The quantitative estimate of drug-likeness (QED) is 0.508. The molecule has 30 heavy (non-hydrogen) atoms. The van der Waals surface area contributed by atoms with Crippen LogP contribution in [0.5, 0.6) is 0 Å². The molecular weight excluding hydrogens is 400 g/mol. The molecule has 2 fully saturated rings. The molecule has 2 saturated heterocycles. The predicted octanol–water partition coefficient (Wildman–Crippen LogP) is 2.91. The minimum absolute atomic E-state index is 0.00241. The van der Waals surface area contributed by atoms with Crippen LogP contribution in [0.3, 0.4) is 0 Å². The monoisotopic (exact) mass is 436 g/mol. The minimum atomic E-state index is 0.00241. The number of hydrogen-bond donors (Lipinski definition) is 2. The van der Waals surface area contributed by atoms with E-state index in [-0.39, 0.29) is 5.41 Å². The molecule has 0 spiro atoms. The Morgan fingerprint density at radius 2 is 1.83 bits per heavy atom. The summed E-state index contributed by atoms with van der Waals surface area (Å²) in [6, 6.07) is 8.71. The molecule has 0 aliphatic carbocycles. The van der Waals surface area contributed by atoms with E-state index in [1.165, 1.54) is 5.56 Å². The van der Waals surface area contributed by atoms with Gasteiger partial charge in [0.25, 0.3) is 0 Å². The van der Waals surface area contributed by atoms with Gasteiger partial charge >= 0.3 is 0 Å². The van der Waals surface area contributed by atoms with Crippen LogP contribution in [0.2, 0.25) is 5.02 Å². The molecule has 0 saturated carbocycles. The molecule has 0 bridgehead atoms. The fraction of sp³-hybridized carbons (Fsp3) is 0.696. The third-order valence-electron chi connectivity index (χ3n) is 6.47. The van der Waals surface area contributed by atoms with Crippen LogP contribution >= 0.6 is 11.6 Å². The zero-order valence-electron chi connectivity index (χ0n) is 18.6. The lowest BCUT2D eigenvalue weighted by atomic mass is 9.74. The van der Waals surface area contributed by atoms with Crippen LogP contribution < -0.4 is 10.6 Å². The molecule has 1 aromatic rings. The van der Waals surface area contributed by atoms with Crippen molar-refractivity contribution in [3.05, 3.63) is 34.9 Å². The Hall–Kier alpha value is -1.34. The number of nitrogens with zero attached hydrogens (tertiary/aromatic N) is 2. The van der Waals surface area contributed by atoms with Crippen LogP contribution in [-0.2, 0) is 14.9 Å². The molecule has 0 radical (unpaired) electrons. The van der Waals surface area contributed by atoms with Gasteiger partial charge in [0.2, 0.25) is 0 Å². The van der Waals surface area contributed by atoms with Crippen LogP contribution in [0.15, 0.2) is 29.3 Å². The van der Waals surface area contributed by atoms with E-state index in [9.17, 15) is 0 Å². The molecule has 2 N–H and O–H groups in total. The van der Waals surface area contributed by atoms with Crippen molar-refractivity contribution < 1.29 is 9.47 Å². The van der Waals surface area contributed by atoms with Crippen LogP contribution in [0.4, 0.5) is 0 Å². The summed E-state index contributed by atoms with van der Waals surface area (Å²) >= 11 is 6.30. The van der Waals surface area contributed by atoms with E-state index < -0.39 is 0 Å². The largest absolute Gasteiger partial charge is 0.381 e. The summed E-state index contributed by atoms with van der Waals surface area (Å²) in [6.07, 6.45) is 1.94. The molecule has 6 nitrogen and oxygen atoms in total. The Bertz CT molecular complexity index is 686. The number of nitrogens with one attached hydrogen (secondary N) is 2. The summed E-state index contributed by atoms with van der Waals surface area (Å²) in [5, 5.41) is 7.94. The fourth-order valence-corrected chi connectivity index (χ4v) is 4.71. The van der Waals surface area contributed by atoms with E-state index in [1.54, 1.807) is 0 Å². The molecule has 1 unspecified atom stereocenters. The second kappa shape index (κ2) is 11.3. The van der Waals surface area contributed by atoms with E-state index in [2.05, 4.69) is 46.5 Å². The van der Waals surface area contributed by atoms with Crippen molar-refractivity contribution >= 4 is 17.6 Å². The molecule has 3 rings (SSSR count). The first kappa shape index (κ1) is 23.3. The van der Waals surface area contributed by atoms with Gasteiger partial charge in [0.05, 0.1) is 13.2 Å². The van der Waals surface area contributed by atoms with Crippen molar-refractivity contribution in [1.82, 2.24) is 15.5 Å². The van der Waals surface area contributed by atoms with Gasteiger partial charge < -0.3 is 20.1 Å². The topological polar surface area (TPSA) is 58.1 Å². The van der Waals surface area contributed by atoms with Crippen molar-refractivity contribution in [2.45, 2.75) is 38.1 Å². The van der Waals surface area contributed by atoms with Crippen molar-refractivity contribution in [3.8, 4) is 0 Å². The highest BCUT2D eigenvalue weighted by atomic mass is 35.5. The Morgan fingerprint density at radius 3 is 2.47 bits per heavy atom. The standard InChI is InChI=1S/C23H37ClN4O2/c1-18(2)21(28-9-13-30-14-10-28)16-26-22(25-3)27-17-23(7-11-29-12-8-23)19-5-4-6-20(24)15-19/h4-6,15,18,21H,7-14,16-17H2,1-3H3,(H2,25,26,27). The normalized spacial score (nSPS) is 21.4. The summed E-state index contributed by atoms with van der Waals surface area (Å²) < 4.78 is 11.2. The van der Waals surface area contributed by atoms with Gasteiger partial charge in [0, 0.05) is 62.9 Å². The van der Waals surface area contributed by atoms with Crippen molar-refractivity contribution in [1.29, 1.82) is 0 Å². The number of benzene rings is 1. The highest BCUT2D eigenvalue weighted by molar-refractivity contribution is 6.30. The molecule has 1 aromatic carbocycles. The third kappa shape index (κ3) is 6.10. The maximum Gasteiger partial charge on any atom is 0.191 e. The highest BCUT2D eigenvalue weighted by Gasteiger charge is 2.35. The summed E-state index contributed by atoms with van der Waals surface area (Å²) in [7, 11) is 1.84. The van der Waals surface area contributed by atoms with Gasteiger partial charge in [-0.15, -0.1) is 0 Å².